The Balaban J connectivity index is 2.35. The van der Waals surface area contributed by atoms with Crippen molar-refractivity contribution >= 4 is 5.97 Å². The van der Waals surface area contributed by atoms with E-state index in [0.29, 0.717) is 12.5 Å². The van der Waals surface area contributed by atoms with Crippen LogP contribution >= 0.6 is 0 Å². The topological polar surface area (TPSA) is 77.2 Å². The van der Waals surface area contributed by atoms with Crippen molar-refractivity contribution in [1.82, 2.24) is 14.8 Å². The number of carboxylic acids is 1. The van der Waals surface area contributed by atoms with Crippen molar-refractivity contribution in [2.45, 2.75) is 19.9 Å². The van der Waals surface area contributed by atoms with E-state index in [1.54, 1.807) is 31.6 Å². The van der Waals surface area contributed by atoms with E-state index in [0.717, 1.165) is 11.1 Å². The minimum Gasteiger partial charge on any atom is -0.480 e. The van der Waals surface area contributed by atoms with Crippen LogP contribution in [0.1, 0.15) is 19.9 Å². The van der Waals surface area contributed by atoms with Crippen molar-refractivity contribution in [2.75, 3.05) is 6.61 Å². The smallest absolute Gasteiger partial charge is 0.328 e. The number of rotatable bonds is 5. The number of aliphatic carboxylic acids is 1. The van der Waals surface area contributed by atoms with Gasteiger partial charge >= 0.3 is 5.97 Å². The molecule has 0 saturated heterocycles. The molecule has 6 heteroatoms. The summed E-state index contributed by atoms with van der Waals surface area (Å²) in [5, 5.41) is 13.0. The monoisotopic (exact) mass is 261 g/mol. The standard InChI is InChI=1S/C13H15N3O3/c1-3-19-12-11(5-4-6-14-12)10-7-15-16(8-10)9(2)13(17)18/h4-9H,3H2,1-2H3,(H,17,18)/t9-/m1/s1. The Morgan fingerprint density at radius 1 is 1.58 bits per heavy atom. The highest BCUT2D eigenvalue weighted by molar-refractivity contribution is 5.72. The minimum atomic E-state index is -0.925. The Morgan fingerprint density at radius 2 is 2.37 bits per heavy atom. The van der Waals surface area contributed by atoms with E-state index in [-0.39, 0.29) is 0 Å². The summed E-state index contributed by atoms with van der Waals surface area (Å²) in [7, 11) is 0. The quantitative estimate of drug-likeness (QED) is 0.890. The van der Waals surface area contributed by atoms with Crippen LogP contribution in [0.25, 0.3) is 11.1 Å². The summed E-state index contributed by atoms with van der Waals surface area (Å²) in [6.45, 7) is 3.98. The molecule has 0 aliphatic heterocycles. The van der Waals surface area contributed by atoms with Gasteiger partial charge in [-0.3, -0.25) is 4.68 Å². The lowest BCUT2D eigenvalue weighted by Gasteiger charge is -2.07. The summed E-state index contributed by atoms with van der Waals surface area (Å²) < 4.78 is 6.85. The van der Waals surface area contributed by atoms with E-state index < -0.39 is 12.0 Å². The fraction of sp³-hybridized carbons (Fsp3) is 0.308. The van der Waals surface area contributed by atoms with Crippen molar-refractivity contribution in [3.63, 3.8) is 0 Å². The second-order valence-electron chi connectivity index (χ2n) is 4.01. The molecule has 2 aromatic heterocycles. The molecular weight excluding hydrogens is 246 g/mol. The molecule has 0 aromatic carbocycles. The van der Waals surface area contributed by atoms with Crippen LogP contribution in [0.2, 0.25) is 0 Å². The molecule has 2 aromatic rings. The second-order valence-corrected chi connectivity index (χ2v) is 4.01. The van der Waals surface area contributed by atoms with Crippen molar-refractivity contribution in [1.29, 1.82) is 0 Å². The third-order valence-electron chi connectivity index (χ3n) is 2.72. The summed E-state index contributed by atoms with van der Waals surface area (Å²) in [5.74, 6) is -0.404. The number of hydrogen-bond donors (Lipinski definition) is 1. The normalized spacial score (nSPS) is 12.1. The van der Waals surface area contributed by atoms with Crippen LogP contribution in [0.4, 0.5) is 0 Å². The molecule has 0 spiro atoms. The zero-order chi connectivity index (χ0) is 13.8. The second kappa shape index (κ2) is 5.51. The first-order chi connectivity index (χ1) is 9.13. The molecule has 2 rings (SSSR count). The summed E-state index contributed by atoms with van der Waals surface area (Å²) in [6, 6.07) is 2.96. The van der Waals surface area contributed by atoms with Gasteiger partial charge in [-0.1, -0.05) is 0 Å². The zero-order valence-electron chi connectivity index (χ0n) is 10.8. The van der Waals surface area contributed by atoms with Crippen LogP contribution in [-0.4, -0.2) is 32.4 Å². The lowest BCUT2D eigenvalue weighted by atomic mass is 10.1. The number of carbonyl (C=O) groups is 1. The van der Waals surface area contributed by atoms with Gasteiger partial charge in [0.15, 0.2) is 0 Å². The molecule has 0 fully saturated rings. The maximum absolute atomic E-state index is 10.9. The lowest BCUT2D eigenvalue weighted by molar-refractivity contribution is -0.140. The molecule has 2 heterocycles. The number of aromatic nitrogens is 3. The highest BCUT2D eigenvalue weighted by Gasteiger charge is 2.16. The molecule has 0 bridgehead atoms. The molecule has 0 aliphatic rings. The largest absolute Gasteiger partial charge is 0.480 e. The van der Waals surface area contributed by atoms with Crippen molar-refractivity contribution in [3.05, 3.63) is 30.7 Å². The number of nitrogens with zero attached hydrogens (tertiary/aromatic N) is 3. The highest BCUT2D eigenvalue weighted by atomic mass is 16.5. The summed E-state index contributed by atoms with van der Waals surface area (Å²) in [6.07, 6.45) is 4.94. The number of ether oxygens (including phenoxy) is 1. The van der Waals surface area contributed by atoms with Gasteiger partial charge in [0.05, 0.1) is 12.8 Å². The predicted molar refractivity (Wildman–Crippen MR) is 69.0 cm³/mol. The first-order valence-corrected chi connectivity index (χ1v) is 5.98. The molecule has 0 unspecified atom stereocenters. The maximum atomic E-state index is 10.9. The molecule has 0 radical (unpaired) electrons. The molecule has 1 atom stereocenters. The van der Waals surface area contributed by atoms with Crippen LogP contribution in [0, 0.1) is 0 Å². The van der Waals surface area contributed by atoms with E-state index >= 15 is 0 Å². The van der Waals surface area contributed by atoms with Gasteiger partial charge in [0.1, 0.15) is 6.04 Å². The van der Waals surface area contributed by atoms with Crippen molar-refractivity contribution in [2.24, 2.45) is 0 Å². The number of pyridine rings is 1. The average Bonchev–Trinajstić information content (AvgIpc) is 2.88. The van der Waals surface area contributed by atoms with Crippen molar-refractivity contribution in [3.8, 4) is 17.0 Å². The van der Waals surface area contributed by atoms with Crippen LogP contribution in [-0.2, 0) is 4.79 Å². The third-order valence-corrected chi connectivity index (χ3v) is 2.72. The zero-order valence-corrected chi connectivity index (χ0v) is 10.8. The molecule has 0 amide bonds. The van der Waals surface area contributed by atoms with E-state index in [2.05, 4.69) is 10.1 Å². The maximum Gasteiger partial charge on any atom is 0.328 e. The van der Waals surface area contributed by atoms with Gasteiger partial charge in [0, 0.05) is 23.5 Å². The van der Waals surface area contributed by atoms with Gasteiger partial charge in [0.2, 0.25) is 5.88 Å². The van der Waals surface area contributed by atoms with E-state index in [9.17, 15) is 4.79 Å². The molecular formula is C13H15N3O3. The average molecular weight is 261 g/mol. The Bertz CT molecular complexity index is 580. The summed E-state index contributed by atoms with van der Waals surface area (Å²) in [5.41, 5.74) is 1.58. The summed E-state index contributed by atoms with van der Waals surface area (Å²) >= 11 is 0. The van der Waals surface area contributed by atoms with Gasteiger partial charge in [-0.2, -0.15) is 5.10 Å². The Morgan fingerprint density at radius 3 is 3.05 bits per heavy atom. The van der Waals surface area contributed by atoms with Gasteiger partial charge in [0.25, 0.3) is 0 Å². The van der Waals surface area contributed by atoms with Gasteiger partial charge in [-0.25, -0.2) is 9.78 Å². The molecule has 0 saturated carbocycles. The van der Waals surface area contributed by atoms with Gasteiger partial charge < -0.3 is 9.84 Å². The highest BCUT2D eigenvalue weighted by Crippen LogP contribution is 2.27. The predicted octanol–water partition coefficient (Wildman–Crippen LogP) is 1.99. The molecule has 6 nitrogen and oxygen atoms in total. The van der Waals surface area contributed by atoms with Gasteiger partial charge in [-0.15, -0.1) is 0 Å². The molecule has 19 heavy (non-hydrogen) atoms. The van der Waals surface area contributed by atoms with Crippen molar-refractivity contribution < 1.29 is 14.6 Å². The molecule has 0 aliphatic carbocycles. The van der Waals surface area contributed by atoms with E-state index in [1.807, 2.05) is 13.0 Å². The van der Waals surface area contributed by atoms with Crippen LogP contribution in [0.3, 0.4) is 0 Å². The van der Waals surface area contributed by atoms with Crippen LogP contribution in [0.5, 0.6) is 5.88 Å². The van der Waals surface area contributed by atoms with E-state index in [4.69, 9.17) is 9.84 Å². The first kappa shape index (κ1) is 13.1. The van der Waals surface area contributed by atoms with Gasteiger partial charge in [-0.05, 0) is 26.0 Å². The van der Waals surface area contributed by atoms with Crippen LogP contribution < -0.4 is 4.74 Å². The fourth-order valence-corrected chi connectivity index (χ4v) is 1.66. The Hall–Kier alpha value is -2.37. The third kappa shape index (κ3) is 2.73. The molecule has 100 valence electrons. The Labute approximate surface area is 110 Å². The van der Waals surface area contributed by atoms with E-state index in [1.165, 1.54) is 4.68 Å². The summed E-state index contributed by atoms with van der Waals surface area (Å²) in [4.78, 5) is 15.1. The number of hydrogen-bond acceptors (Lipinski definition) is 4. The first-order valence-electron chi connectivity index (χ1n) is 5.98. The SMILES string of the molecule is CCOc1ncccc1-c1cnn([C@H](C)C(=O)O)c1. The Kier molecular flexibility index (Phi) is 3.79. The molecule has 1 N–H and O–H groups in total. The lowest BCUT2D eigenvalue weighted by Crippen LogP contribution is -2.15. The number of carboxylic acid groups (broad SMARTS) is 1. The van der Waals surface area contributed by atoms with Crippen LogP contribution in [0.15, 0.2) is 30.7 Å². The fourth-order valence-electron chi connectivity index (χ4n) is 1.66. The minimum absolute atomic E-state index is 0.518.